The summed E-state index contributed by atoms with van der Waals surface area (Å²) in [4.78, 5) is 0. The molecule has 0 saturated carbocycles. The van der Waals surface area contributed by atoms with Gasteiger partial charge in [-0.25, -0.2) is 4.68 Å². The molecule has 0 aliphatic carbocycles. The fourth-order valence-electron chi connectivity index (χ4n) is 5.11. The zero-order valence-electron chi connectivity index (χ0n) is 20.5. The van der Waals surface area contributed by atoms with Gasteiger partial charge in [0.1, 0.15) is 6.04 Å². The second-order valence-corrected chi connectivity index (χ2v) is 10.3. The third-order valence-corrected chi connectivity index (χ3v) is 6.74. The van der Waals surface area contributed by atoms with E-state index in [9.17, 15) is 13.2 Å². The fraction of sp³-hybridized carbons (Fsp3) is 0.207. The standard InChI is InChI=1S/C29H24F3N5/c1-28(2,3)37-27(34-35-36-37)26(33-21-11-6-10-20(16-21)29(30,31)32)23-15-19-9-4-7-17-13-14-18-8-5-12-22(23)25(18)24(17)19/h4-16,26,33H,1-3H3. The van der Waals surface area contributed by atoms with Gasteiger partial charge < -0.3 is 5.32 Å². The van der Waals surface area contributed by atoms with Crippen LogP contribution in [0.25, 0.3) is 32.3 Å². The summed E-state index contributed by atoms with van der Waals surface area (Å²) in [5.74, 6) is 0.514. The summed E-state index contributed by atoms with van der Waals surface area (Å²) in [7, 11) is 0. The van der Waals surface area contributed by atoms with Crippen molar-refractivity contribution in [2.24, 2.45) is 0 Å². The lowest BCUT2D eigenvalue weighted by Crippen LogP contribution is -2.29. The lowest BCUT2D eigenvalue weighted by molar-refractivity contribution is -0.137. The van der Waals surface area contributed by atoms with Crippen molar-refractivity contribution in [1.82, 2.24) is 20.2 Å². The quantitative estimate of drug-likeness (QED) is 0.255. The van der Waals surface area contributed by atoms with Crippen molar-refractivity contribution in [2.45, 2.75) is 38.5 Å². The molecule has 1 unspecified atom stereocenters. The molecule has 1 heterocycles. The van der Waals surface area contributed by atoms with Gasteiger partial charge in [-0.2, -0.15) is 13.2 Å². The molecular weight excluding hydrogens is 475 g/mol. The number of anilines is 1. The number of hydrogen-bond acceptors (Lipinski definition) is 4. The Labute approximate surface area is 211 Å². The zero-order valence-corrected chi connectivity index (χ0v) is 20.5. The molecule has 6 aromatic rings. The van der Waals surface area contributed by atoms with Crippen LogP contribution in [-0.4, -0.2) is 20.2 Å². The van der Waals surface area contributed by atoms with E-state index in [2.05, 4.69) is 63.3 Å². The van der Waals surface area contributed by atoms with E-state index in [4.69, 9.17) is 0 Å². The number of alkyl halides is 3. The molecule has 5 nitrogen and oxygen atoms in total. The minimum Gasteiger partial charge on any atom is -0.371 e. The minimum atomic E-state index is -4.45. The molecule has 0 aliphatic heterocycles. The summed E-state index contributed by atoms with van der Waals surface area (Å²) in [6, 6.07) is 23.2. The molecule has 1 aromatic heterocycles. The molecule has 37 heavy (non-hydrogen) atoms. The Morgan fingerprint density at radius 2 is 1.46 bits per heavy atom. The fourth-order valence-corrected chi connectivity index (χ4v) is 5.11. The third-order valence-electron chi connectivity index (χ3n) is 6.74. The van der Waals surface area contributed by atoms with Crippen molar-refractivity contribution in [3.63, 3.8) is 0 Å². The first kappa shape index (κ1) is 23.2. The van der Waals surface area contributed by atoms with E-state index in [1.165, 1.54) is 6.07 Å². The van der Waals surface area contributed by atoms with Gasteiger partial charge >= 0.3 is 6.18 Å². The van der Waals surface area contributed by atoms with Crippen LogP contribution in [-0.2, 0) is 11.7 Å². The number of nitrogens with zero attached hydrogens (tertiary/aromatic N) is 4. The third kappa shape index (κ3) is 3.93. The number of tetrazole rings is 1. The number of nitrogens with one attached hydrogen (secondary N) is 1. The van der Waals surface area contributed by atoms with Gasteiger partial charge in [0, 0.05) is 5.69 Å². The highest BCUT2D eigenvalue weighted by Gasteiger charge is 2.32. The van der Waals surface area contributed by atoms with Crippen LogP contribution in [0.2, 0.25) is 0 Å². The molecule has 5 aromatic carbocycles. The molecular formula is C29H24F3N5. The van der Waals surface area contributed by atoms with Crippen molar-refractivity contribution in [2.75, 3.05) is 5.32 Å². The molecule has 0 bridgehead atoms. The highest BCUT2D eigenvalue weighted by molar-refractivity contribution is 6.23. The second kappa shape index (κ2) is 8.16. The van der Waals surface area contributed by atoms with E-state index < -0.39 is 23.3 Å². The van der Waals surface area contributed by atoms with Gasteiger partial charge in [-0.1, -0.05) is 54.6 Å². The van der Waals surface area contributed by atoms with Crippen molar-refractivity contribution in [3.8, 4) is 0 Å². The first-order chi connectivity index (χ1) is 17.6. The number of rotatable bonds is 4. The molecule has 0 aliphatic rings. The number of hydrogen-bond donors (Lipinski definition) is 1. The van der Waals surface area contributed by atoms with Crippen LogP contribution in [0.5, 0.6) is 0 Å². The Kier molecular flexibility index (Phi) is 5.12. The first-order valence-corrected chi connectivity index (χ1v) is 12.0. The van der Waals surface area contributed by atoms with Crippen molar-refractivity contribution < 1.29 is 13.2 Å². The molecule has 8 heteroatoms. The van der Waals surface area contributed by atoms with E-state index in [1.807, 2.05) is 32.9 Å². The molecule has 0 fully saturated rings. The summed E-state index contributed by atoms with van der Waals surface area (Å²) in [5.41, 5.74) is 0.0376. The van der Waals surface area contributed by atoms with Crippen LogP contribution in [0.4, 0.5) is 18.9 Å². The minimum absolute atomic E-state index is 0.327. The van der Waals surface area contributed by atoms with Crippen molar-refractivity contribution in [1.29, 1.82) is 0 Å². The van der Waals surface area contributed by atoms with Crippen LogP contribution >= 0.6 is 0 Å². The molecule has 1 atom stereocenters. The van der Waals surface area contributed by atoms with E-state index in [0.717, 1.165) is 50.0 Å². The largest absolute Gasteiger partial charge is 0.416 e. The van der Waals surface area contributed by atoms with Crippen LogP contribution in [0.1, 0.15) is 43.8 Å². The van der Waals surface area contributed by atoms with Crippen LogP contribution in [0, 0.1) is 0 Å². The molecule has 1 N–H and O–H groups in total. The molecule has 186 valence electrons. The summed E-state index contributed by atoms with van der Waals surface area (Å²) < 4.78 is 42.3. The Morgan fingerprint density at radius 3 is 2.19 bits per heavy atom. The Morgan fingerprint density at radius 1 is 0.784 bits per heavy atom. The highest BCUT2D eigenvalue weighted by atomic mass is 19.4. The van der Waals surface area contributed by atoms with Crippen molar-refractivity contribution in [3.05, 3.63) is 95.8 Å². The number of halogens is 3. The smallest absolute Gasteiger partial charge is 0.371 e. The van der Waals surface area contributed by atoms with Gasteiger partial charge in [-0.15, -0.1) is 5.10 Å². The second-order valence-electron chi connectivity index (χ2n) is 10.3. The molecule has 0 amide bonds. The zero-order chi connectivity index (χ0) is 25.9. The summed E-state index contributed by atoms with van der Waals surface area (Å²) >= 11 is 0. The highest BCUT2D eigenvalue weighted by Crippen LogP contribution is 2.41. The Balaban J connectivity index is 1.63. The number of aromatic nitrogens is 4. The average Bonchev–Trinajstić information content (AvgIpc) is 3.36. The van der Waals surface area contributed by atoms with Crippen LogP contribution in [0.3, 0.4) is 0 Å². The van der Waals surface area contributed by atoms with Gasteiger partial charge in [0.15, 0.2) is 5.82 Å². The SMILES string of the molecule is CC(C)(C)n1nnnc1C(Nc1cccc(C(F)(F)F)c1)c1cc2cccc3ccc4cccc1c4c32. The number of benzene rings is 5. The summed E-state index contributed by atoms with van der Waals surface area (Å²) in [6.45, 7) is 5.96. The molecule has 0 radical (unpaired) electrons. The van der Waals surface area contributed by atoms with E-state index in [0.29, 0.717) is 11.5 Å². The predicted molar refractivity (Wildman–Crippen MR) is 140 cm³/mol. The van der Waals surface area contributed by atoms with Gasteiger partial charge in [-0.3, -0.25) is 0 Å². The van der Waals surface area contributed by atoms with Crippen molar-refractivity contribution >= 4 is 38.0 Å². The molecule has 0 saturated heterocycles. The predicted octanol–water partition coefficient (Wildman–Crippen LogP) is 7.55. The maximum atomic E-state index is 13.5. The van der Waals surface area contributed by atoms with Gasteiger partial charge in [0.2, 0.25) is 0 Å². The van der Waals surface area contributed by atoms with Crippen LogP contribution in [0.15, 0.2) is 78.9 Å². The van der Waals surface area contributed by atoms with E-state index in [1.54, 1.807) is 10.7 Å². The Bertz CT molecular complexity index is 1750. The van der Waals surface area contributed by atoms with E-state index in [-0.39, 0.29) is 0 Å². The average molecular weight is 500 g/mol. The lowest BCUT2D eigenvalue weighted by atomic mass is 9.88. The van der Waals surface area contributed by atoms with Gasteiger partial charge in [-0.05, 0) is 93.3 Å². The van der Waals surface area contributed by atoms with Crippen LogP contribution < -0.4 is 5.32 Å². The van der Waals surface area contributed by atoms with E-state index >= 15 is 0 Å². The normalized spacial score (nSPS) is 13.6. The summed E-state index contributed by atoms with van der Waals surface area (Å²) in [6.07, 6.45) is -4.45. The van der Waals surface area contributed by atoms with Gasteiger partial charge in [0.05, 0.1) is 11.1 Å². The topological polar surface area (TPSA) is 55.6 Å². The Hall–Kier alpha value is -4.20. The van der Waals surface area contributed by atoms with Gasteiger partial charge in [0.25, 0.3) is 0 Å². The first-order valence-electron chi connectivity index (χ1n) is 12.0. The molecule has 6 rings (SSSR count). The molecule has 0 spiro atoms. The summed E-state index contributed by atoms with van der Waals surface area (Å²) in [5, 5.41) is 22.4. The lowest BCUT2D eigenvalue weighted by Gasteiger charge is -2.27. The maximum absolute atomic E-state index is 13.5. The maximum Gasteiger partial charge on any atom is 0.416 e. The monoisotopic (exact) mass is 499 g/mol.